The van der Waals surface area contributed by atoms with Gasteiger partial charge in [0.25, 0.3) is 5.91 Å². The molecule has 0 radical (unpaired) electrons. The Kier molecular flexibility index (Phi) is 6.11. The quantitative estimate of drug-likeness (QED) is 0.632. The summed E-state index contributed by atoms with van der Waals surface area (Å²) in [6.07, 6.45) is 3.45. The molecule has 2 aromatic heterocycles. The number of carbonyl (C=O) groups is 1. The molecule has 3 rings (SSSR count). The first kappa shape index (κ1) is 19.6. The molecule has 6 heteroatoms. The number of rotatable bonds is 8. The molecule has 146 valence electrons. The Morgan fingerprint density at radius 2 is 1.71 bits per heavy atom. The van der Waals surface area contributed by atoms with Gasteiger partial charge in [0.05, 0.1) is 11.3 Å². The van der Waals surface area contributed by atoms with E-state index in [0.717, 1.165) is 47.8 Å². The number of hydrogen-bond acceptors (Lipinski definition) is 4. The lowest BCUT2D eigenvalue weighted by molar-refractivity contribution is 0.100. The predicted molar refractivity (Wildman–Crippen MR) is 114 cm³/mol. The number of H-pyrrole nitrogens is 1. The second kappa shape index (κ2) is 8.71. The number of likely N-dealkylation sites (N-methyl/N-ethyl adjacent to an activating group) is 2. The van der Waals surface area contributed by atoms with Crippen LogP contribution in [0.5, 0.6) is 0 Å². The fourth-order valence-electron chi connectivity index (χ4n) is 3.19. The van der Waals surface area contributed by atoms with Gasteiger partial charge in [-0.3, -0.25) is 9.78 Å². The normalized spacial score (nSPS) is 11.0. The number of primary amides is 1. The second-order valence-electron chi connectivity index (χ2n) is 7.00. The van der Waals surface area contributed by atoms with Crippen LogP contribution >= 0.6 is 0 Å². The summed E-state index contributed by atoms with van der Waals surface area (Å²) in [4.78, 5) is 23.9. The van der Waals surface area contributed by atoms with Gasteiger partial charge >= 0.3 is 0 Å². The Bertz CT molecular complexity index is 916. The van der Waals surface area contributed by atoms with Crippen molar-refractivity contribution in [2.75, 3.05) is 38.6 Å². The summed E-state index contributed by atoms with van der Waals surface area (Å²) < 4.78 is 0. The van der Waals surface area contributed by atoms with Crippen LogP contribution < -0.4 is 10.6 Å². The molecule has 0 saturated heterocycles. The number of benzene rings is 1. The van der Waals surface area contributed by atoms with Crippen LogP contribution in [0.4, 0.5) is 5.69 Å². The first-order chi connectivity index (χ1) is 13.5. The summed E-state index contributed by atoms with van der Waals surface area (Å²) in [5.74, 6) is -0.447. The van der Waals surface area contributed by atoms with E-state index in [1.54, 1.807) is 18.5 Å². The second-order valence-corrected chi connectivity index (χ2v) is 7.00. The van der Waals surface area contributed by atoms with E-state index in [2.05, 4.69) is 52.9 Å². The topological polar surface area (TPSA) is 78.2 Å². The van der Waals surface area contributed by atoms with Gasteiger partial charge in [-0.2, -0.15) is 0 Å². The lowest BCUT2D eigenvalue weighted by atomic mass is 10.1. The van der Waals surface area contributed by atoms with Crippen molar-refractivity contribution in [3.8, 4) is 22.5 Å². The molecule has 1 aromatic carbocycles. The number of anilines is 1. The lowest BCUT2D eigenvalue weighted by Gasteiger charge is -2.25. The molecule has 0 aliphatic carbocycles. The standard InChI is InChI=1S/C22H27N5O/c1-4-27(14-13-26(2)3)18-7-5-17(6-8-18)21-19(22(23)28)15-20(25-21)16-9-11-24-12-10-16/h5-12,15,25H,4,13-14H2,1-3H3,(H2,23,28). The van der Waals surface area contributed by atoms with Crippen LogP contribution in [-0.2, 0) is 0 Å². The summed E-state index contributed by atoms with van der Waals surface area (Å²) in [5, 5.41) is 0. The highest BCUT2D eigenvalue weighted by molar-refractivity contribution is 6.00. The first-order valence-corrected chi connectivity index (χ1v) is 9.43. The van der Waals surface area contributed by atoms with Crippen molar-refractivity contribution in [3.05, 3.63) is 60.4 Å². The number of aromatic nitrogens is 2. The van der Waals surface area contributed by atoms with Gasteiger partial charge in [-0.25, -0.2) is 0 Å². The molecule has 2 heterocycles. The van der Waals surface area contributed by atoms with Crippen LogP contribution in [0, 0.1) is 0 Å². The van der Waals surface area contributed by atoms with Crippen molar-refractivity contribution < 1.29 is 4.79 Å². The zero-order valence-corrected chi connectivity index (χ0v) is 16.6. The summed E-state index contributed by atoms with van der Waals surface area (Å²) in [7, 11) is 4.15. The van der Waals surface area contributed by atoms with Crippen LogP contribution in [0.2, 0.25) is 0 Å². The number of nitrogens with zero attached hydrogens (tertiary/aromatic N) is 3. The molecule has 0 atom stereocenters. The van der Waals surface area contributed by atoms with Crippen molar-refractivity contribution in [2.24, 2.45) is 5.73 Å². The lowest BCUT2D eigenvalue weighted by Crippen LogP contribution is -2.31. The minimum Gasteiger partial charge on any atom is -0.371 e. The van der Waals surface area contributed by atoms with E-state index < -0.39 is 5.91 Å². The number of nitrogens with two attached hydrogens (primary N) is 1. The van der Waals surface area contributed by atoms with Gasteiger partial charge in [-0.1, -0.05) is 12.1 Å². The number of hydrogen-bond donors (Lipinski definition) is 2. The maximum absolute atomic E-state index is 12.0. The van der Waals surface area contributed by atoms with E-state index in [-0.39, 0.29) is 0 Å². The van der Waals surface area contributed by atoms with Crippen LogP contribution in [0.15, 0.2) is 54.9 Å². The maximum atomic E-state index is 12.0. The number of nitrogens with one attached hydrogen (secondary N) is 1. The molecule has 0 saturated carbocycles. The Morgan fingerprint density at radius 3 is 2.29 bits per heavy atom. The number of carbonyl (C=O) groups excluding carboxylic acids is 1. The van der Waals surface area contributed by atoms with Crippen molar-refractivity contribution in [2.45, 2.75) is 6.92 Å². The molecule has 0 fully saturated rings. The number of amides is 1. The van der Waals surface area contributed by atoms with Crippen molar-refractivity contribution in [1.29, 1.82) is 0 Å². The monoisotopic (exact) mass is 377 g/mol. The molecular formula is C22H27N5O. The highest BCUT2D eigenvalue weighted by atomic mass is 16.1. The summed E-state index contributed by atoms with van der Waals surface area (Å²) in [6.45, 7) is 5.05. The molecule has 0 aliphatic rings. The molecule has 3 aromatic rings. The van der Waals surface area contributed by atoms with E-state index in [1.165, 1.54) is 0 Å². The van der Waals surface area contributed by atoms with Gasteiger partial charge in [0.15, 0.2) is 0 Å². The average Bonchev–Trinajstić information content (AvgIpc) is 3.15. The Labute approximate surface area is 166 Å². The molecule has 6 nitrogen and oxygen atoms in total. The first-order valence-electron chi connectivity index (χ1n) is 9.43. The van der Waals surface area contributed by atoms with Gasteiger partial charge < -0.3 is 20.5 Å². The number of pyridine rings is 1. The Balaban J connectivity index is 1.91. The molecule has 0 spiro atoms. The van der Waals surface area contributed by atoms with Crippen LogP contribution in [0.25, 0.3) is 22.5 Å². The maximum Gasteiger partial charge on any atom is 0.250 e. The van der Waals surface area contributed by atoms with E-state index in [1.807, 2.05) is 24.3 Å². The highest BCUT2D eigenvalue weighted by Gasteiger charge is 2.16. The smallest absolute Gasteiger partial charge is 0.250 e. The fourth-order valence-corrected chi connectivity index (χ4v) is 3.19. The van der Waals surface area contributed by atoms with E-state index in [4.69, 9.17) is 5.73 Å². The Hall–Kier alpha value is -3.12. The largest absolute Gasteiger partial charge is 0.371 e. The minimum atomic E-state index is -0.447. The zero-order valence-electron chi connectivity index (χ0n) is 16.6. The molecule has 1 amide bonds. The number of aromatic amines is 1. The molecule has 0 unspecified atom stereocenters. The average molecular weight is 377 g/mol. The van der Waals surface area contributed by atoms with Crippen LogP contribution in [0.3, 0.4) is 0 Å². The summed E-state index contributed by atoms with van der Waals surface area (Å²) in [6, 6.07) is 13.8. The summed E-state index contributed by atoms with van der Waals surface area (Å²) in [5.41, 5.74) is 10.7. The van der Waals surface area contributed by atoms with E-state index in [9.17, 15) is 4.79 Å². The minimum absolute atomic E-state index is 0.447. The Morgan fingerprint density at radius 1 is 1.04 bits per heavy atom. The van der Waals surface area contributed by atoms with Gasteiger partial charge in [-0.15, -0.1) is 0 Å². The van der Waals surface area contributed by atoms with Crippen molar-refractivity contribution in [1.82, 2.24) is 14.9 Å². The molecular weight excluding hydrogens is 350 g/mol. The van der Waals surface area contributed by atoms with E-state index in [0.29, 0.717) is 5.56 Å². The third-order valence-corrected chi connectivity index (χ3v) is 4.79. The third kappa shape index (κ3) is 4.40. The van der Waals surface area contributed by atoms with Crippen LogP contribution in [0.1, 0.15) is 17.3 Å². The van der Waals surface area contributed by atoms with Gasteiger partial charge in [-0.05, 0) is 56.9 Å². The fraction of sp³-hybridized carbons (Fsp3) is 0.273. The van der Waals surface area contributed by atoms with E-state index >= 15 is 0 Å². The third-order valence-electron chi connectivity index (χ3n) is 4.79. The SMILES string of the molecule is CCN(CCN(C)C)c1ccc(-c2[nH]c(-c3ccncc3)cc2C(N)=O)cc1. The zero-order chi connectivity index (χ0) is 20.1. The summed E-state index contributed by atoms with van der Waals surface area (Å²) >= 11 is 0. The molecule has 0 aliphatic heterocycles. The van der Waals surface area contributed by atoms with Crippen LogP contribution in [-0.4, -0.2) is 54.5 Å². The van der Waals surface area contributed by atoms with Gasteiger partial charge in [0, 0.05) is 49.0 Å². The molecule has 0 bridgehead atoms. The highest BCUT2D eigenvalue weighted by Crippen LogP contribution is 2.30. The van der Waals surface area contributed by atoms with Gasteiger partial charge in [0.2, 0.25) is 0 Å². The van der Waals surface area contributed by atoms with Gasteiger partial charge in [0.1, 0.15) is 0 Å². The molecule has 28 heavy (non-hydrogen) atoms. The van der Waals surface area contributed by atoms with Crippen molar-refractivity contribution >= 4 is 11.6 Å². The molecule has 3 N–H and O–H groups in total. The predicted octanol–water partition coefficient (Wildman–Crippen LogP) is 3.23. The van der Waals surface area contributed by atoms with Crippen molar-refractivity contribution in [3.63, 3.8) is 0 Å².